The molecule has 2 rings (SSSR count). The molecular formula is C20H20O5. The summed E-state index contributed by atoms with van der Waals surface area (Å²) in [6, 6.07) is 13.1. The Bertz CT molecular complexity index is 772. The molecule has 0 unspecified atom stereocenters. The second kappa shape index (κ2) is 7.75. The van der Waals surface area contributed by atoms with E-state index in [1.807, 2.05) is 0 Å². The molecular weight excluding hydrogens is 320 g/mol. The molecule has 0 bridgehead atoms. The Kier molecular flexibility index (Phi) is 5.70. The van der Waals surface area contributed by atoms with Gasteiger partial charge >= 0.3 is 11.9 Å². The van der Waals surface area contributed by atoms with Crippen LogP contribution in [0.2, 0.25) is 0 Å². The number of hydrogen-bond donors (Lipinski definition) is 0. The van der Waals surface area contributed by atoms with Gasteiger partial charge in [-0.2, -0.15) is 0 Å². The fourth-order valence-corrected chi connectivity index (χ4v) is 2.18. The zero-order chi connectivity index (χ0) is 18.4. The average Bonchev–Trinajstić information content (AvgIpc) is 2.55. The van der Waals surface area contributed by atoms with Gasteiger partial charge in [-0.25, -0.2) is 4.79 Å². The van der Waals surface area contributed by atoms with Gasteiger partial charge in [-0.05, 0) is 51.1 Å². The minimum absolute atomic E-state index is 0.101. The molecule has 2 aromatic carbocycles. The first kappa shape index (κ1) is 18.4. The van der Waals surface area contributed by atoms with Crippen LogP contribution in [0, 0.1) is 0 Å². The molecule has 130 valence electrons. The van der Waals surface area contributed by atoms with Gasteiger partial charge in [-0.1, -0.05) is 18.2 Å². The van der Waals surface area contributed by atoms with Crippen molar-refractivity contribution in [3.63, 3.8) is 0 Å². The van der Waals surface area contributed by atoms with Crippen molar-refractivity contribution in [2.75, 3.05) is 0 Å². The molecule has 0 aliphatic carbocycles. The lowest BCUT2D eigenvalue weighted by Crippen LogP contribution is -2.25. The van der Waals surface area contributed by atoms with Crippen LogP contribution in [-0.4, -0.2) is 23.8 Å². The maximum absolute atomic E-state index is 12.2. The van der Waals surface area contributed by atoms with Crippen molar-refractivity contribution in [3.8, 4) is 5.75 Å². The summed E-state index contributed by atoms with van der Waals surface area (Å²) in [5.74, 6) is -0.775. The molecule has 0 saturated carbocycles. The third-order valence-corrected chi connectivity index (χ3v) is 3.19. The Morgan fingerprint density at radius 2 is 1.72 bits per heavy atom. The fourth-order valence-electron chi connectivity index (χ4n) is 2.18. The van der Waals surface area contributed by atoms with Gasteiger partial charge in [0, 0.05) is 11.1 Å². The molecule has 5 nitrogen and oxygen atoms in total. The number of carbonyl (C=O) groups excluding carboxylic acids is 3. The Labute approximate surface area is 146 Å². The van der Waals surface area contributed by atoms with Crippen molar-refractivity contribution in [3.05, 3.63) is 65.2 Å². The molecule has 25 heavy (non-hydrogen) atoms. The molecule has 0 saturated heterocycles. The first-order valence-electron chi connectivity index (χ1n) is 7.85. The molecule has 0 aromatic heterocycles. The predicted molar refractivity (Wildman–Crippen MR) is 92.8 cm³/mol. The van der Waals surface area contributed by atoms with E-state index in [2.05, 4.69) is 0 Å². The Morgan fingerprint density at radius 3 is 2.32 bits per heavy atom. The van der Waals surface area contributed by atoms with Gasteiger partial charge in [-0.3, -0.25) is 9.59 Å². The van der Waals surface area contributed by atoms with Crippen LogP contribution >= 0.6 is 0 Å². The van der Waals surface area contributed by atoms with E-state index in [-0.39, 0.29) is 12.2 Å². The van der Waals surface area contributed by atoms with Crippen LogP contribution in [0.5, 0.6) is 5.75 Å². The summed E-state index contributed by atoms with van der Waals surface area (Å²) < 4.78 is 10.7. The van der Waals surface area contributed by atoms with Crippen LogP contribution in [0.1, 0.15) is 47.1 Å². The lowest BCUT2D eigenvalue weighted by molar-refractivity contribution is -0.153. The van der Waals surface area contributed by atoms with E-state index in [1.165, 1.54) is 18.2 Å². The average molecular weight is 340 g/mol. The molecule has 0 aliphatic rings. The van der Waals surface area contributed by atoms with Crippen LogP contribution < -0.4 is 4.74 Å². The van der Waals surface area contributed by atoms with Gasteiger partial charge in [0.1, 0.15) is 17.6 Å². The molecule has 5 heteroatoms. The maximum Gasteiger partial charge on any atom is 0.343 e. The highest BCUT2D eigenvalue weighted by Gasteiger charge is 2.19. The van der Waals surface area contributed by atoms with Crippen LogP contribution in [-0.2, 0) is 16.0 Å². The van der Waals surface area contributed by atoms with Crippen molar-refractivity contribution < 1.29 is 23.9 Å². The SMILES string of the molecule is CC(C)(C)OC(=O)Cc1cc(C=O)ccc1OC(=O)c1ccccc1. The normalized spacial score (nSPS) is 10.8. The molecule has 2 aromatic rings. The van der Waals surface area contributed by atoms with Crippen LogP contribution in [0.15, 0.2) is 48.5 Å². The molecule has 0 heterocycles. The second-order valence-electron chi connectivity index (χ2n) is 6.50. The largest absolute Gasteiger partial charge is 0.460 e. The van der Waals surface area contributed by atoms with Gasteiger partial charge in [0.25, 0.3) is 0 Å². The number of esters is 2. The summed E-state index contributed by atoms with van der Waals surface area (Å²) in [4.78, 5) is 35.3. The summed E-state index contributed by atoms with van der Waals surface area (Å²) in [5, 5.41) is 0. The second-order valence-corrected chi connectivity index (χ2v) is 6.50. The number of hydrogen-bond acceptors (Lipinski definition) is 5. The molecule has 0 spiro atoms. The summed E-state index contributed by atoms with van der Waals surface area (Å²) in [5.41, 5.74) is 0.576. The summed E-state index contributed by atoms with van der Waals surface area (Å²) in [6.07, 6.45) is 0.567. The van der Waals surface area contributed by atoms with Gasteiger partial charge < -0.3 is 9.47 Å². The van der Waals surface area contributed by atoms with Crippen LogP contribution in [0.4, 0.5) is 0 Å². The minimum atomic E-state index is -0.625. The van der Waals surface area contributed by atoms with E-state index in [0.29, 0.717) is 23.0 Å². The topological polar surface area (TPSA) is 69.7 Å². The molecule has 0 radical (unpaired) electrons. The first-order chi connectivity index (χ1) is 11.8. The minimum Gasteiger partial charge on any atom is -0.460 e. The van der Waals surface area contributed by atoms with Gasteiger partial charge in [-0.15, -0.1) is 0 Å². The predicted octanol–water partition coefficient (Wildman–Crippen LogP) is 3.60. The molecule has 0 N–H and O–H groups in total. The van der Waals surface area contributed by atoms with E-state index < -0.39 is 17.5 Å². The van der Waals surface area contributed by atoms with E-state index in [0.717, 1.165) is 0 Å². The maximum atomic E-state index is 12.2. The van der Waals surface area contributed by atoms with Crippen LogP contribution in [0.3, 0.4) is 0 Å². The Morgan fingerprint density at radius 1 is 1.04 bits per heavy atom. The summed E-state index contributed by atoms with van der Waals surface area (Å²) in [6.45, 7) is 5.30. The smallest absolute Gasteiger partial charge is 0.343 e. The van der Waals surface area contributed by atoms with Gasteiger partial charge in [0.05, 0.1) is 12.0 Å². The van der Waals surface area contributed by atoms with Crippen molar-refractivity contribution in [1.82, 2.24) is 0 Å². The molecule has 0 fully saturated rings. The fraction of sp³-hybridized carbons (Fsp3) is 0.250. The summed E-state index contributed by atoms with van der Waals surface area (Å²) >= 11 is 0. The number of aldehydes is 1. The quantitative estimate of drug-likeness (QED) is 0.472. The van der Waals surface area contributed by atoms with E-state index in [4.69, 9.17) is 9.47 Å². The Balaban J connectivity index is 2.24. The zero-order valence-corrected chi connectivity index (χ0v) is 14.4. The number of rotatable bonds is 5. The highest BCUT2D eigenvalue weighted by molar-refractivity contribution is 5.91. The molecule has 0 atom stereocenters. The van der Waals surface area contributed by atoms with Gasteiger partial charge in [0.2, 0.25) is 0 Å². The number of carbonyl (C=O) groups is 3. The first-order valence-corrected chi connectivity index (χ1v) is 7.85. The number of benzene rings is 2. The van der Waals surface area contributed by atoms with Crippen molar-refractivity contribution >= 4 is 18.2 Å². The third-order valence-electron chi connectivity index (χ3n) is 3.19. The molecule has 0 amide bonds. The van der Waals surface area contributed by atoms with Crippen molar-refractivity contribution in [1.29, 1.82) is 0 Å². The van der Waals surface area contributed by atoms with Crippen LogP contribution in [0.25, 0.3) is 0 Å². The lowest BCUT2D eigenvalue weighted by Gasteiger charge is -2.20. The monoisotopic (exact) mass is 340 g/mol. The standard InChI is InChI=1S/C20H20O5/c1-20(2,3)25-18(22)12-16-11-14(13-21)9-10-17(16)24-19(23)15-7-5-4-6-8-15/h4-11,13H,12H2,1-3H3. The third kappa shape index (κ3) is 5.57. The highest BCUT2D eigenvalue weighted by atomic mass is 16.6. The Hall–Kier alpha value is -2.95. The lowest BCUT2D eigenvalue weighted by atomic mass is 10.1. The van der Waals surface area contributed by atoms with E-state index >= 15 is 0 Å². The van der Waals surface area contributed by atoms with Crippen molar-refractivity contribution in [2.24, 2.45) is 0 Å². The van der Waals surface area contributed by atoms with E-state index in [9.17, 15) is 14.4 Å². The number of ether oxygens (including phenoxy) is 2. The highest BCUT2D eigenvalue weighted by Crippen LogP contribution is 2.23. The van der Waals surface area contributed by atoms with Gasteiger partial charge in [0.15, 0.2) is 0 Å². The van der Waals surface area contributed by atoms with Crippen molar-refractivity contribution in [2.45, 2.75) is 32.8 Å². The zero-order valence-electron chi connectivity index (χ0n) is 14.4. The molecule has 0 aliphatic heterocycles. The summed E-state index contributed by atoms with van der Waals surface area (Å²) in [7, 11) is 0. The van der Waals surface area contributed by atoms with E-state index in [1.54, 1.807) is 51.1 Å².